The minimum absolute atomic E-state index is 0.0624. The molecule has 17 heavy (non-hydrogen) atoms. The minimum atomic E-state index is 0.0624. The zero-order valence-electron chi connectivity index (χ0n) is 9.06. The van der Waals surface area contributed by atoms with E-state index in [1.165, 1.54) is 0 Å². The number of hydrogen-bond donors (Lipinski definition) is 0. The highest BCUT2D eigenvalue weighted by molar-refractivity contribution is 7.10. The van der Waals surface area contributed by atoms with Crippen LogP contribution >= 0.6 is 22.9 Å². The topological polar surface area (TPSA) is 26.3 Å². The summed E-state index contributed by atoms with van der Waals surface area (Å²) in [4.78, 5) is 12.7. The Morgan fingerprint density at radius 3 is 2.88 bits per heavy atom. The number of carbonyl (C=O) groups is 1. The van der Waals surface area contributed by atoms with E-state index in [4.69, 9.17) is 16.3 Å². The molecule has 0 aliphatic heterocycles. The maximum Gasteiger partial charge on any atom is 0.175 e. The molecule has 88 valence electrons. The summed E-state index contributed by atoms with van der Waals surface area (Å²) in [5.74, 6) is 0.685. The van der Waals surface area contributed by atoms with Crippen molar-refractivity contribution in [1.29, 1.82) is 0 Å². The molecule has 0 atom stereocenters. The van der Waals surface area contributed by atoms with E-state index < -0.39 is 0 Å². The summed E-state index contributed by atoms with van der Waals surface area (Å²) in [5.41, 5.74) is 0. The molecule has 0 saturated carbocycles. The molecule has 0 unspecified atom stereocenters. The fourth-order valence-corrected chi connectivity index (χ4v) is 2.29. The smallest absolute Gasteiger partial charge is 0.175 e. The first-order chi connectivity index (χ1) is 8.24. The van der Waals surface area contributed by atoms with Crippen molar-refractivity contribution in [3.63, 3.8) is 0 Å². The second kappa shape index (κ2) is 5.84. The molecule has 0 aliphatic carbocycles. The number of thiophene rings is 1. The van der Waals surface area contributed by atoms with Crippen molar-refractivity contribution in [3.05, 3.63) is 51.7 Å². The molecule has 4 heteroatoms. The van der Waals surface area contributed by atoms with Gasteiger partial charge in [0.05, 0.1) is 0 Å². The number of carbonyl (C=O) groups excluding carboxylic acids is 1. The molecule has 2 nitrogen and oxygen atoms in total. The Balaban J connectivity index is 1.84. The molecule has 1 aromatic heterocycles. The third-order valence-electron chi connectivity index (χ3n) is 2.15. The van der Waals surface area contributed by atoms with Gasteiger partial charge in [-0.05, 0) is 29.6 Å². The molecular weight excluding hydrogens is 256 g/mol. The Bertz CT molecular complexity index is 494. The highest BCUT2D eigenvalue weighted by Crippen LogP contribution is 2.17. The quantitative estimate of drug-likeness (QED) is 0.827. The van der Waals surface area contributed by atoms with E-state index in [0.29, 0.717) is 17.2 Å². The van der Waals surface area contributed by atoms with E-state index in [0.717, 1.165) is 4.88 Å². The van der Waals surface area contributed by atoms with Crippen molar-refractivity contribution < 1.29 is 9.53 Å². The molecule has 0 N–H and O–H groups in total. The molecule has 2 rings (SSSR count). The summed E-state index contributed by atoms with van der Waals surface area (Å²) >= 11 is 7.39. The maximum atomic E-state index is 11.6. The average Bonchev–Trinajstić information content (AvgIpc) is 2.79. The summed E-state index contributed by atoms with van der Waals surface area (Å²) < 4.78 is 5.37. The summed E-state index contributed by atoms with van der Waals surface area (Å²) in [6.07, 6.45) is 0.429. The molecule has 1 heterocycles. The van der Waals surface area contributed by atoms with Crippen LogP contribution in [0.1, 0.15) is 4.88 Å². The van der Waals surface area contributed by atoms with Gasteiger partial charge in [0.25, 0.3) is 0 Å². The van der Waals surface area contributed by atoms with Crippen molar-refractivity contribution in [2.24, 2.45) is 0 Å². The van der Waals surface area contributed by atoms with Gasteiger partial charge in [-0.3, -0.25) is 4.79 Å². The van der Waals surface area contributed by atoms with Crippen molar-refractivity contribution >= 4 is 28.7 Å². The third kappa shape index (κ3) is 3.88. The molecule has 0 radical (unpaired) electrons. The van der Waals surface area contributed by atoms with Gasteiger partial charge >= 0.3 is 0 Å². The summed E-state index contributed by atoms with van der Waals surface area (Å²) in [6, 6.07) is 10.9. The molecular formula is C13H11ClO2S. The molecule has 0 fully saturated rings. The van der Waals surface area contributed by atoms with Gasteiger partial charge in [0.1, 0.15) is 12.4 Å². The van der Waals surface area contributed by atoms with Gasteiger partial charge in [-0.1, -0.05) is 23.7 Å². The third-order valence-corrected chi connectivity index (χ3v) is 3.26. The molecule has 2 aromatic rings. The van der Waals surface area contributed by atoms with Crippen LogP contribution in [-0.4, -0.2) is 12.4 Å². The monoisotopic (exact) mass is 266 g/mol. The summed E-state index contributed by atoms with van der Waals surface area (Å²) in [5, 5.41) is 2.56. The highest BCUT2D eigenvalue weighted by Gasteiger charge is 2.05. The van der Waals surface area contributed by atoms with Crippen molar-refractivity contribution in [2.45, 2.75) is 6.42 Å². The first-order valence-corrected chi connectivity index (χ1v) is 6.42. The van der Waals surface area contributed by atoms with Gasteiger partial charge in [0.15, 0.2) is 5.78 Å². The molecule has 0 aliphatic rings. The van der Waals surface area contributed by atoms with Gasteiger partial charge in [-0.25, -0.2) is 0 Å². The number of rotatable bonds is 5. The average molecular weight is 267 g/mol. The fraction of sp³-hybridized carbons (Fsp3) is 0.154. The van der Waals surface area contributed by atoms with Crippen LogP contribution in [0.5, 0.6) is 5.75 Å². The largest absolute Gasteiger partial charge is 0.486 e. The maximum absolute atomic E-state index is 11.6. The highest BCUT2D eigenvalue weighted by atomic mass is 35.5. The Morgan fingerprint density at radius 2 is 2.18 bits per heavy atom. The second-order valence-electron chi connectivity index (χ2n) is 3.54. The lowest BCUT2D eigenvalue weighted by Crippen LogP contribution is -2.13. The number of halogens is 1. The predicted molar refractivity (Wildman–Crippen MR) is 70.0 cm³/mol. The predicted octanol–water partition coefficient (Wildman–Crippen LogP) is 3.59. The number of Topliss-reactive ketones (excluding diaryl/α,β-unsaturated/α-hetero) is 1. The van der Waals surface area contributed by atoms with Crippen LogP contribution < -0.4 is 4.74 Å². The van der Waals surface area contributed by atoms with Gasteiger partial charge in [-0.2, -0.15) is 0 Å². The standard InChI is InChI=1S/C13H11ClO2S/c14-10-3-1-4-12(7-10)16-9-11(15)8-13-5-2-6-17-13/h1-7H,8-9H2. The Hall–Kier alpha value is -1.32. The minimum Gasteiger partial charge on any atom is -0.486 e. The van der Waals surface area contributed by atoms with Crippen molar-refractivity contribution in [2.75, 3.05) is 6.61 Å². The van der Waals surface area contributed by atoms with Crippen LogP contribution in [-0.2, 0) is 11.2 Å². The van der Waals surface area contributed by atoms with E-state index in [-0.39, 0.29) is 12.4 Å². The lowest BCUT2D eigenvalue weighted by molar-refractivity contribution is -0.120. The lowest BCUT2D eigenvalue weighted by Gasteiger charge is -2.04. The number of ether oxygens (including phenoxy) is 1. The van der Waals surface area contributed by atoms with Gasteiger partial charge in [-0.15, -0.1) is 11.3 Å². The van der Waals surface area contributed by atoms with Crippen LogP contribution in [0.3, 0.4) is 0 Å². The number of ketones is 1. The Morgan fingerprint density at radius 1 is 1.29 bits per heavy atom. The fourth-order valence-electron chi connectivity index (χ4n) is 1.38. The molecule has 0 amide bonds. The van der Waals surface area contributed by atoms with Gasteiger partial charge < -0.3 is 4.74 Å². The van der Waals surface area contributed by atoms with Crippen molar-refractivity contribution in [3.8, 4) is 5.75 Å². The van der Waals surface area contributed by atoms with Crippen LogP contribution in [0.4, 0.5) is 0 Å². The van der Waals surface area contributed by atoms with E-state index in [2.05, 4.69) is 0 Å². The first kappa shape index (κ1) is 12.1. The Kier molecular flexibility index (Phi) is 4.18. The Labute approximate surface area is 109 Å². The normalized spacial score (nSPS) is 10.2. The lowest BCUT2D eigenvalue weighted by atomic mass is 10.2. The van der Waals surface area contributed by atoms with Gasteiger partial charge in [0.2, 0.25) is 0 Å². The summed E-state index contributed by atoms with van der Waals surface area (Å²) in [7, 11) is 0. The van der Waals surface area contributed by atoms with E-state index in [1.54, 1.807) is 35.6 Å². The number of benzene rings is 1. The van der Waals surface area contributed by atoms with E-state index >= 15 is 0 Å². The van der Waals surface area contributed by atoms with E-state index in [9.17, 15) is 4.79 Å². The van der Waals surface area contributed by atoms with Crippen molar-refractivity contribution in [1.82, 2.24) is 0 Å². The van der Waals surface area contributed by atoms with E-state index in [1.807, 2.05) is 17.5 Å². The molecule has 0 spiro atoms. The second-order valence-corrected chi connectivity index (χ2v) is 5.01. The summed E-state index contributed by atoms with van der Waals surface area (Å²) in [6.45, 7) is 0.0816. The van der Waals surface area contributed by atoms with Crippen LogP contribution in [0.15, 0.2) is 41.8 Å². The zero-order chi connectivity index (χ0) is 12.1. The van der Waals surface area contributed by atoms with Crippen LogP contribution in [0.2, 0.25) is 5.02 Å². The van der Waals surface area contributed by atoms with Crippen LogP contribution in [0, 0.1) is 0 Å². The van der Waals surface area contributed by atoms with Crippen LogP contribution in [0.25, 0.3) is 0 Å². The first-order valence-electron chi connectivity index (χ1n) is 5.16. The number of hydrogen-bond acceptors (Lipinski definition) is 3. The molecule has 1 aromatic carbocycles. The molecule has 0 bridgehead atoms. The van der Waals surface area contributed by atoms with Gasteiger partial charge in [0, 0.05) is 16.3 Å². The zero-order valence-corrected chi connectivity index (χ0v) is 10.6. The SMILES string of the molecule is O=C(COc1cccc(Cl)c1)Cc1cccs1. The molecule has 0 saturated heterocycles.